The standard InChI is InChI=1S/C11H18N4O2S/c1-15(9-2-4-17-5-3-9)6-8-7-18-11(13-8)10(16)14-12/h7,9H,2-6,12H2,1H3,(H,14,16). The Labute approximate surface area is 110 Å². The van der Waals surface area contributed by atoms with Crippen molar-refractivity contribution in [3.05, 3.63) is 16.1 Å². The Morgan fingerprint density at radius 2 is 2.39 bits per heavy atom. The van der Waals surface area contributed by atoms with Crippen LogP contribution in [0.1, 0.15) is 28.3 Å². The second-order valence-electron chi connectivity index (χ2n) is 4.38. The molecule has 7 heteroatoms. The third-order valence-electron chi connectivity index (χ3n) is 3.10. The summed E-state index contributed by atoms with van der Waals surface area (Å²) in [4.78, 5) is 17.8. The molecule has 1 saturated heterocycles. The Balaban J connectivity index is 1.92. The van der Waals surface area contributed by atoms with Gasteiger partial charge in [0.05, 0.1) is 5.69 Å². The Morgan fingerprint density at radius 1 is 1.67 bits per heavy atom. The molecular formula is C11H18N4O2S. The van der Waals surface area contributed by atoms with Crippen LogP contribution in [0.15, 0.2) is 5.38 Å². The number of carbonyl (C=O) groups is 1. The lowest BCUT2D eigenvalue weighted by molar-refractivity contribution is 0.0404. The maximum absolute atomic E-state index is 11.3. The van der Waals surface area contributed by atoms with Crippen LogP contribution in [0.5, 0.6) is 0 Å². The van der Waals surface area contributed by atoms with Crippen LogP contribution in [-0.4, -0.2) is 42.1 Å². The first-order valence-electron chi connectivity index (χ1n) is 5.94. The van der Waals surface area contributed by atoms with Gasteiger partial charge in [0.2, 0.25) is 0 Å². The van der Waals surface area contributed by atoms with Crippen LogP contribution in [0.25, 0.3) is 0 Å². The van der Waals surface area contributed by atoms with E-state index in [1.807, 2.05) is 5.38 Å². The van der Waals surface area contributed by atoms with Crippen LogP contribution >= 0.6 is 11.3 Å². The number of nitrogens with two attached hydrogens (primary N) is 1. The fraction of sp³-hybridized carbons (Fsp3) is 0.636. The van der Waals surface area contributed by atoms with Gasteiger partial charge in [-0.1, -0.05) is 0 Å². The first-order valence-corrected chi connectivity index (χ1v) is 6.82. The third kappa shape index (κ3) is 3.26. The minimum atomic E-state index is -0.333. The zero-order valence-corrected chi connectivity index (χ0v) is 11.2. The quantitative estimate of drug-likeness (QED) is 0.469. The predicted octanol–water partition coefficient (Wildman–Crippen LogP) is 0.357. The average molecular weight is 270 g/mol. The van der Waals surface area contributed by atoms with Crippen LogP contribution in [0, 0.1) is 0 Å². The Morgan fingerprint density at radius 3 is 3.06 bits per heavy atom. The second-order valence-corrected chi connectivity index (χ2v) is 5.23. The lowest BCUT2D eigenvalue weighted by Crippen LogP contribution is -2.36. The molecule has 2 rings (SSSR count). The third-order valence-corrected chi connectivity index (χ3v) is 3.99. The molecule has 1 amide bonds. The first kappa shape index (κ1) is 13.4. The predicted molar refractivity (Wildman–Crippen MR) is 69.1 cm³/mol. The van der Waals surface area contributed by atoms with Gasteiger partial charge in [-0.05, 0) is 19.9 Å². The van der Waals surface area contributed by atoms with Crippen molar-refractivity contribution in [2.45, 2.75) is 25.4 Å². The van der Waals surface area contributed by atoms with Gasteiger partial charge >= 0.3 is 0 Å². The Kier molecular flexibility index (Phi) is 4.65. The van der Waals surface area contributed by atoms with Crippen LogP contribution in [0.4, 0.5) is 0 Å². The first-order chi connectivity index (χ1) is 8.70. The average Bonchev–Trinajstić information content (AvgIpc) is 2.87. The highest BCUT2D eigenvalue weighted by Crippen LogP contribution is 2.17. The molecule has 0 aliphatic carbocycles. The van der Waals surface area contributed by atoms with E-state index in [1.54, 1.807) is 0 Å². The molecule has 0 bridgehead atoms. The number of ether oxygens (including phenoxy) is 1. The molecular weight excluding hydrogens is 252 g/mol. The zero-order valence-electron chi connectivity index (χ0n) is 10.4. The highest BCUT2D eigenvalue weighted by molar-refractivity contribution is 7.11. The van der Waals surface area contributed by atoms with Gasteiger partial charge in [0.25, 0.3) is 5.91 Å². The number of carbonyl (C=O) groups excluding carboxylic acids is 1. The molecule has 0 aromatic carbocycles. The van der Waals surface area contributed by atoms with Crippen molar-refractivity contribution in [2.24, 2.45) is 5.84 Å². The monoisotopic (exact) mass is 270 g/mol. The van der Waals surface area contributed by atoms with Crippen molar-refractivity contribution < 1.29 is 9.53 Å². The fourth-order valence-electron chi connectivity index (χ4n) is 2.06. The molecule has 100 valence electrons. The molecule has 18 heavy (non-hydrogen) atoms. The topological polar surface area (TPSA) is 80.5 Å². The number of amides is 1. The fourth-order valence-corrected chi connectivity index (χ4v) is 2.77. The highest BCUT2D eigenvalue weighted by atomic mass is 32.1. The molecule has 0 atom stereocenters. The van der Waals surface area contributed by atoms with Crippen molar-refractivity contribution in [1.82, 2.24) is 15.3 Å². The van der Waals surface area contributed by atoms with Crippen LogP contribution in [0.3, 0.4) is 0 Å². The van der Waals surface area contributed by atoms with Crippen LogP contribution in [-0.2, 0) is 11.3 Å². The number of aromatic nitrogens is 1. The van der Waals surface area contributed by atoms with E-state index in [0.717, 1.165) is 38.3 Å². The van der Waals surface area contributed by atoms with Gasteiger partial charge in [-0.2, -0.15) is 0 Å². The van der Waals surface area contributed by atoms with E-state index in [1.165, 1.54) is 11.3 Å². The normalized spacial score (nSPS) is 17.1. The molecule has 1 aliphatic rings. The van der Waals surface area contributed by atoms with Gasteiger partial charge in [-0.15, -0.1) is 11.3 Å². The van der Waals surface area contributed by atoms with Crippen LogP contribution < -0.4 is 11.3 Å². The summed E-state index contributed by atoms with van der Waals surface area (Å²) in [5, 5.41) is 2.31. The van der Waals surface area contributed by atoms with E-state index in [0.29, 0.717) is 11.0 Å². The SMILES string of the molecule is CN(Cc1csc(C(=O)NN)n1)C1CCOCC1. The molecule has 1 aliphatic heterocycles. The maximum Gasteiger partial charge on any atom is 0.294 e. The molecule has 1 fully saturated rings. The van der Waals surface area contributed by atoms with E-state index in [-0.39, 0.29) is 5.91 Å². The van der Waals surface area contributed by atoms with E-state index in [4.69, 9.17) is 10.6 Å². The lowest BCUT2D eigenvalue weighted by Gasteiger charge is -2.30. The van der Waals surface area contributed by atoms with Crippen molar-refractivity contribution in [3.8, 4) is 0 Å². The number of hydrazine groups is 1. The highest BCUT2D eigenvalue weighted by Gasteiger charge is 2.19. The van der Waals surface area contributed by atoms with Gasteiger partial charge in [-0.3, -0.25) is 15.1 Å². The summed E-state index contributed by atoms with van der Waals surface area (Å²) in [6.45, 7) is 2.40. The molecule has 0 saturated carbocycles. The summed E-state index contributed by atoms with van der Waals surface area (Å²) < 4.78 is 5.34. The summed E-state index contributed by atoms with van der Waals surface area (Å²) in [6, 6.07) is 0.534. The Bertz CT molecular complexity index is 404. The molecule has 0 unspecified atom stereocenters. The molecule has 0 spiro atoms. The van der Waals surface area contributed by atoms with E-state index >= 15 is 0 Å². The number of rotatable bonds is 4. The van der Waals surface area contributed by atoms with Crippen molar-refractivity contribution >= 4 is 17.2 Å². The number of nitrogens with one attached hydrogen (secondary N) is 1. The molecule has 6 nitrogen and oxygen atoms in total. The zero-order chi connectivity index (χ0) is 13.0. The number of thiazole rings is 1. The lowest BCUT2D eigenvalue weighted by atomic mass is 10.1. The number of hydrogen-bond acceptors (Lipinski definition) is 6. The molecule has 3 N–H and O–H groups in total. The van der Waals surface area contributed by atoms with E-state index in [2.05, 4.69) is 22.4 Å². The summed E-state index contributed by atoms with van der Waals surface area (Å²) in [7, 11) is 2.08. The van der Waals surface area contributed by atoms with Gasteiger partial charge in [0, 0.05) is 31.2 Å². The molecule has 2 heterocycles. The van der Waals surface area contributed by atoms with Crippen molar-refractivity contribution in [1.29, 1.82) is 0 Å². The smallest absolute Gasteiger partial charge is 0.294 e. The van der Waals surface area contributed by atoms with Crippen LogP contribution in [0.2, 0.25) is 0 Å². The van der Waals surface area contributed by atoms with E-state index < -0.39 is 0 Å². The second kappa shape index (κ2) is 6.24. The largest absolute Gasteiger partial charge is 0.381 e. The van der Waals surface area contributed by atoms with Gasteiger partial charge in [-0.25, -0.2) is 10.8 Å². The van der Waals surface area contributed by atoms with Gasteiger partial charge in [0.15, 0.2) is 5.01 Å². The minimum absolute atomic E-state index is 0.333. The molecule has 1 aromatic heterocycles. The number of nitrogen functional groups attached to an aromatic ring is 1. The summed E-state index contributed by atoms with van der Waals surface area (Å²) in [5.41, 5.74) is 3.00. The number of nitrogens with zero attached hydrogens (tertiary/aromatic N) is 2. The van der Waals surface area contributed by atoms with Crippen molar-refractivity contribution in [3.63, 3.8) is 0 Å². The molecule has 1 aromatic rings. The van der Waals surface area contributed by atoms with Crippen molar-refractivity contribution in [2.75, 3.05) is 20.3 Å². The molecule has 0 radical (unpaired) electrons. The van der Waals surface area contributed by atoms with Gasteiger partial charge < -0.3 is 4.74 Å². The van der Waals surface area contributed by atoms with E-state index in [9.17, 15) is 4.79 Å². The van der Waals surface area contributed by atoms with Gasteiger partial charge in [0.1, 0.15) is 0 Å². The number of hydrogen-bond donors (Lipinski definition) is 2. The Hall–Kier alpha value is -1.02. The minimum Gasteiger partial charge on any atom is -0.381 e. The summed E-state index contributed by atoms with van der Waals surface area (Å²) >= 11 is 1.32. The maximum atomic E-state index is 11.3. The summed E-state index contributed by atoms with van der Waals surface area (Å²) in [6.07, 6.45) is 2.10. The summed E-state index contributed by atoms with van der Waals surface area (Å²) in [5.74, 6) is 4.74.